The van der Waals surface area contributed by atoms with Crippen molar-refractivity contribution >= 4 is 22.8 Å². The lowest BCUT2D eigenvalue weighted by Crippen LogP contribution is -2.54. The highest BCUT2D eigenvalue weighted by Gasteiger charge is 2.44. The molecule has 0 saturated carbocycles. The summed E-state index contributed by atoms with van der Waals surface area (Å²) in [5.41, 5.74) is 10.4. The molecule has 1 saturated heterocycles. The van der Waals surface area contributed by atoms with Gasteiger partial charge in [0, 0.05) is 18.9 Å². The highest BCUT2D eigenvalue weighted by Crippen LogP contribution is 2.35. The second-order valence-electron chi connectivity index (χ2n) is 9.39. The molecule has 2 aromatic rings. The van der Waals surface area contributed by atoms with Crippen molar-refractivity contribution in [3.63, 3.8) is 0 Å². The summed E-state index contributed by atoms with van der Waals surface area (Å²) in [6.45, 7) is 5.52. The Morgan fingerprint density at radius 1 is 1.17 bits per heavy atom. The fourth-order valence-corrected chi connectivity index (χ4v) is 5.39. The van der Waals surface area contributed by atoms with Crippen molar-refractivity contribution in [3.8, 4) is 5.75 Å². The van der Waals surface area contributed by atoms with Gasteiger partial charge in [0.1, 0.15) is 11.9 Å². The van der Waals surface area contributed by atoms with E-state index in [4.69, 9.17) is 4.74 Å². The number of hydrogen-bond acceptors (Lipinski definition) is 8. The average Bonchev–Trinajstić information content (AvgIpc) is 3.52. The minimum absolute atomic E-state index is 0.000872. The van der Waals surface area contributed by atoms with Crippen LogP contribution in [0.15, 0.2) is 66.0 Å². The van der Waals surface area contributed by atoms with Crippen LogP contribution < -0.4 is 20.9 Å². The largest absolute Gasteiger partial charge is 0.494 e. The number of hydrogen-bond donors (Lipinski definition) is 3. The van der Waals surface area contributed by atoms with Gasteiger partial charge < -0.3 is 20.0 Å². The third-order valence-corrected chi connectivity index (χ3v) is 7.66. The molecule has 1 fully saturated rings. The Labute approximate surface area is 217 Å². The number of fused-ring (bicyclic) bond motifs is 3. The van der Waals surface area contributed by atoms with Crippen molar-refractivity contribution in [1.82, 2.24) is 26.1 Å². The van der Waals surface area contributed by atoms with E-state index in [0.29, 0.717) is 12.3 Å². The Morgan fingerprint density at radius 2 is 1.97 bits per heavy atom. The zero-order chi connectivity index (χ0) is 24.9. The van der Waals surface area contributed by atoms with Crippen molar-refractivity contribution in [3.05, 3.63) is 77.6 Å². The lowest BCUT2D eigenvalue weighted by molar-refractivity contribution is -0.118. The summed E-state index contributed by atoms with van der Waals surface area (Å²) in [6.07, 6.45) is 7.26. The van der Waals surface area contributed by atoms with Crippen LogP contribution in [-0.2, 0) is 11.3 Å². The molecular formula is C27H34N6O2S. The molecule has 5 rings (SSSR count). The fourth-order valence-electron chi connectivity index (χ4n) is 4.59. The molecule has 3 atom stereocenters. The average molecular weight is 507 g/mol. The first-order valence-corrected chi connectivity index (χ1v) is 13.6. The summed E-state index contributed by atoms with van der Waals surface area (Å²) in [4.78, 5) is 14.5. The van der Waals surface area contributed by atoms with Crippen LogP contribution in [0.1, 0.15) is 48.9 Å². The molecular weight excluding hydrogens is 472 g/mol. The minimum Gasteiger partial charge on any atom is -0.494 e. The van der Waals surface area contributed by atoms with Crippen LogP contribution in [-0.4, -0.2) is 45.6 Å². The van der Waals surface area contributed by atoms with Crippen molar-refractivity contribution in [2.24, 2.45) is 5.10 Å². The SMILES string of the molecule is CCCCOc1ccc(C2CC3C4NN=C(SCC(=O)NCc5ccc(C)cc5)N4C=CN3N2)cc1. The summed E-state index contributed by atoms with van der Waals surface area (Å²) in [7, 11) is 0. The first-order valence-electron chi connectivity index (χ1n) is 12.6. The van der Waals surface area contributed by atoms with Gasteiger partial charge in [-0.2, -0.15) is 5.10 Å². The van der Waals surface area contributed by atoms with E-state index in [1.165, 1.54) is 22.9 Å². The number of benzene rings is 2. The van der Waals surface area contributed by atoms with Gasteiger partial charge >= 0.3 is 0 Å². The number of amidine groups is 1. The number of aryl methyl sites for hydroxylation is 1. The third kappa shape index (κ3) is 5.63. The standard InChI is InChI=1S/C27H34N6O2S/c1-3-4-15-35-22-11-9-21(10-12-22)23-16-24-26-29-30-27(32(26)13-14-33(24)31-23)36-18-25(34)28-17-20-7-5-19(2)6-8-20/h5-14,23-24,26,29,31H,3-4,15-18H2,1-2H3,(H,28,34). The second-order valence-corrected chi connectivity index (χ2v) is 10.3. The van der Waals surface area contributed by atoms with Gasteiger partial charge in [-0.1, -0.05) is 67.1 Å². The number of thioether (sulfide) groups is 1. The number of amides is 1. The van der Waals surface area contributed by atoms with Crippen LogP contribution in [0.4, 0.5) is 0 Å². The van der Waals surface area contributed by atoms with Gasteiger partial charge in [0.05, 0.1) is 24.4 Å². The molecule has 3 heterocycles. The molecule has 0 bridgehead atoms. The van der Waals surface area contributed by atoms with Gasteiger partial charge in [-0.3, -0.25) is 10.2 Å². The van der Waals surface area contributed by atoms with E-state index in [2.05, 4.69) is 87.6 Å². The van der Waals surface area contributed by atoms with E-state index >= 15 is 0 Å². The Kier molecular flexibility index (Phi) is 7.67. The van der Waals surface area contributed by atoms with Crippen molar-refractivity contribution in [1.29, 1.82) is 0 Å². The smallest absolute Gasteiger partial charge is 0.230 e. The number of carbonyl (C=O) groups excluding carboxylic acids is 1. The second kappa shape index (κ2) is 11.3. The topological polar surface area (TPSA) is 81.2 Å². The van der Waals surface area contributed by atoms with Crippen molar-refractivity contribution in [2.75, 3.05) is 12.4 Å². The Hall–Kier alpha value is -3.17. The lowest BCUT2D eigenvalue weighted by Gasteiger charge is -2.36. The molecule has 3 aliphatic heterocycles. The number of unbranched alkanes of at least 4 members (excludes halogenated alkanes) is 1. The van der Waals surface area contributed by atoms with Gasteiger partial charge in [0.25, 0.3) is 0 Å². The predicted octanol–water partition coefficient (Wildman–Crippen LogP) is 3.83. The quantitative estimate of drug-likeness (QED) is 0.446. The van der Waals surface area contributed by atoms with E-state index in [1.54, 1.807) is 0 Å². The van der Waals surface area contributed by atoms with Gasteiger partial charge in [-0.25, -0.2) is 5.43 Å². The van der Waals surface area contributed by atoms with Gasteiger partial charge in [-0.15, -0.1) is 0 Å². The van der Waals surface area contributed by atoms with E-state index in [1.807, 2.05) is 18.3 Å². The zero-order valence-corrected chi connectivity index (χ0v) is 21.6. The first kappa shape index (κ1) is 24.5. The van der Waals surface area contributed by atoms with E-state index in [9.17, 15) is 4.79 Å². The lowest BCUT2D eigenvalue weighted by atomic mass is 10.00. The van der Waals surface area contributed by atoms with Crippen LogP contribution in [0.2, 0.25) is 0 Å². The maximum atomic E-state index is 12.4. The van der Waals surface area contributed by atoms with E-state index in [0.717, 1.165) is 42.3 Å². The number of nitrogens with zero attached hydrogens (tertiary/aromatic N) is 3. The van der Waals surface area contributed by atoms with Crippen LogP contribution >= 0.6 is 11.8 Å². The Balaban J connectivity index is 1.11. The molecule has 1 amide bonds. The summed E-state index contributed by atoms with van der Waals surface area (Å²) in [5, 5.41) is 10.5. The molecule has 0 aromatic heterocycles. The summed E-state index contributed by atoms with van der Waals surface area (Å²) < 4.78 is 5.80. The highest BCUT2D eigenvalue weighted by molar-refractivity contribution is 8.14. The van der Waals surface area contributed by atoms with E-state index in [-0.39, 0.29) is 24.2 Å². The molecule has 0 radical (unpaired) electrons. The molecule has 9 heteroatoms. The molecule has 8 nitrogen and oxygen atoms in total. The van der Waals surface area contributed by atoms with E-state index < -0.39 is 0 Å². The number of carbonyl (C=O) groups is 1. The van der Waals surface area contributed by atoms with Crippen LogP contribution in [0.25, 0.3) is 0 Å². The van der Waals surface area contributed by atoms with Gasteiger partial charge in [0.2, 0.25) is 5.91 Å². The molecule has 0 aliphatic carbocycles. The molecule has 0 spiro atoms. The normalized spacial score (nSPS) is 22.1. The van der Waals surface area contributed by atoms with Crippen LogP contribution in [0.5, 0.6) is 5.75 Å². The monoisotopic (exact) mass is 506 g/mol. The molecule has 3 N–H and O–H groups in total. The number of nitrogens with one attached hydrogen (secondary N) is 3. The molecule has 2 aromatic carbocycles. The number of hydrazine groups is 1. The number of hydrazone groups is 1. The number of ether oxygens (including phenoxy) is 1. The molecule has 36 heavy (non-hydrogen) atoms. The van der Waals surface area contributed by atoms with Gasteiger partial charge in [0.15, 0.2) is 5.17 Å². The summed E-state index contributed by atoms with van der Waals surface area (Å²) in [5.74, 6) is 1.24. The zero-order valence-electron chi connectivity index (χ0n) is 20.8. The summed E-state index contributed by atoms with van der Waals surface area (Å²) in [6, 6.07) is 17.0. The molecule has 3 unspecified atom stereocenters. The number of rotatable bonds is 9. The van der Waals surface area contributed by atoms with Crippen LogP contribution in [0.3, 0.4) is 0 Å². The van der Waals surface area contributed by atoms with Crippen molar-refractivity contribution < 1.29 is 9.53 Å². The Bertz CT molecular complexity index is 1100. The highest BCUT2D eigenvalue weighted by atomic mass is 32.2. The van der Waals surface area contributed by atoms with Gasteiger partial charge in [-0.05, 0) is 43.0 Å². The third-order valence-electron chi connectivity index (χ3n) is 6.70. The Morgan fingerprint density at radius 3 is 2.75 bits per heavy atom. The fraction of sp³-hybridized carbons (Fsp3) is 0.407. The van der Waals surface area contributed by atoms with Crippen LogP contribution in [0, 0.1) is 6.92 Å². The van der Waals surface area contributed by atoms with Crippen molar-refractivity contribution in [2.45, 2.75) is 57.9 Å². The first-order chi connectivity index (χ1) is 17.6. The predicted molar refractivity (Wildman–Crippen MR) is 144 cm³/mol. The minimum atomic E-state index is -0.000872. The maximum Gasteiger partial charge on any atom is 0.230 e. The molecule has 3 aliphatic rings. The molecule has 190 valence electrons. The maximum absolute atomic E-state index is 12.4. The summed E-state index contributed by atoms with van der Waals surface area (Å²) >= 11 is 1.45.